The Hall–Kier alpha value is -0.360. The van der Waals surface area contributed by atoms with E-state index in [-0.39, 0.29) is 5.97 Å². The molecular formula is C17H35O2P. The molecule has 0 aliphatic rings. The maximum atomic E-state index is 11.2. The Balaban J connectivity index is 4.56. The number of ether oxygens (including phenoxy) is 1. The zero-order valence-electron chi connectivity index (χ0n) is 13.9. The van der Waals surface area contributed by atoms with Crippen LogP contribution in [0.5, 0.6) is 0 Å². The average molecular weight is 302 g/mol. The van der Waals surface area contributed by atoms with Crippen molar-refractivity contribution in [1.82, 2.24) is 0 Å². The van der Waals surface area contributed by atoms with Crippen molar-refractivity contribution in [2.24, 2.45) is 0 Å². The van der Waals surface area contributed by atoms with E-state index in [1.807, 2.05) is 0 Å². The van der Waals surface area contributed by atoms with Crippen molar-refractivity contribution in [2.45, 2.75) is 59.3 Å². The Morgan fingerprint density at radius 3 is 1.75 bits per heavy atom. The summed E-state index contributed by atoms with van der Waals surface area (Å²) >= 11 is 0. The van der Waals surface area contributed by atoms with E-state index in [9.17, 15) is 4.79 Å². The van der Waals surface area contributed by atoms with Crippen molar-refractivity contribution in [3.8, 4) is 0 Å². The molecule has 0 saturated carbocycles. The predicted molar refractivity (Wildman–Crippen MR) is 93.7 cm³/mol. The molecule has 0 aromatic rings. The number of rotatable bonds is 13. The molecule has 0 aromatic heterocycles. The molecule has 0 radical (unpaired) electrons. The molecular weight excluding hydrogens is 267 g/mol. The topological polar surface area (TPSA) is 26.3 Å². The second-order valence-corrected chi connectivity index (χ2v) is 10.9. The predicted octanol–water partition coefficient (Wildman–Crippen LogP) is 4.87. The van der Waals surface area contributed by atoms with Crippen LogP contribution in [-0.2, 0) is 9.53 Å². The summed E-state index contributed by atoms with van der Waals surface area (Å²) in [5, 5.41) is 0. The summed E-state index contributed by atoms with van der Waals surface area (Å²) in [6, 6.07) is 0. The van der Waals surface area contributed by atoms with E-state index in [2.05, 4.69) is 27.4 Å². The summed E-state index contributed by atoms with van der Waals surface area (Å²) in [5.41, 5.74) is 0. The van der Waals surface area contributed by atoms with Gasteiger partial charge in [-0.25, -0.2) is 0 Å². The third-order valence-corrected chi connectivity index (χ3v) is 9.73. The van der Waals surface area contributed by atoms with E-state index in [1.54, 1.807) is 0 Å². The van der Waals surface area contributed by atoms with Crippen molar-refractivity contribution in [3.05, 3.63) is 12.7 Å². The molecule has 20 heavy (non-hydrogen) atoms. The first kappa shape index (κ1) is 19.6. The van der Waals surface area contributed by atoms with Crippen LogP contribution in [0, 0.1) is 0 Å². The fraction of sp³-hybridized carbons (Fsp3) is 0.824. The summed E-state index contributed by atoms with van der Waals surface area (Å²) in [4.78, 5) is 11.2. The summed E-state index contributed by atoms with van der Waals surface area (Å²) < 4.78 is 5.26. The van der Waals surface area contributed by atoms with Gasteiger partial charge >= 0.3 is 126 Å². The summed E-state index contributed by atoms with van der Waals surface area (Å²) in [6.07, 6.45) is 14.5. The molecule has 0 N–H and O–H groups in total. The molecule has 0 atom stereocenters. The van der Waals surface area contributed by atoms with Crippen LogP contribution in [0.15, 0.2) is 12.7 Å². The van der Waals surface area contributed by atoms with Crippen molar-refractivity contribution in [1.29, 1.82) is 0 Å². The number of unbranched alkanes of at least 4 members (excludes halogenated alkanes) is 3. The average Bonchev–Trinajstić information content (AvgIpc) is 2.48. The SMILES string of the molecule is C=CC(=O)OCC[PH](CCCC)(CCCC)CCCC. The standard InChI is InChI=1S/C17H35O2P/c1-5-9-13-20(14-10-6-2,15-11-7-3)16-12-19-17(18)8-4/h8,20H,4-7,9-16H2,1-3H3. The van der Waals surface area contributed by atoms with Gasteiger partial charge in [-0.1, -0.05) is 0 Å². The third kappa shape index (κ3) is 8.74. The monoisotopic (exact) mass is 302 g/mol. The van der Waals surface area contributed by atoms with Crippen LogP contribution in [0.25, 0.3) is 0 Å². The van der Waals surface area contributed by atoms with Crippen LogP contribution in [-0.4, -0.2) is 37.2 Å². The van der Waals surface area contributed by atoms with Gasteiger partial charge in [0.1, 0.15) is 0 Å². The molecule has 0 aliphatic carbocycles. The Kier molecular flexibility index (Phi) is 12.2. The molecule has 0 amide bonds. The number of carbonyl (C=O) groups is 1. The van der Waals surface area contributed by atoms with Crippen LogP contribution in [0.3, 0.4) is 0 Å². The summed E-state index contributed by atoms with van der Waals surface area (Å²) in [5.74, 6) is -0.269. The molecule has 2 nitrogen and oxygen atoms in total. The summed E-state index contributed by atoms with van der Waals surface area (Å²) in [7, 11) is -1.25. The molecule has 0 spiro atoms. The molecule has 0 unspecified atom stereocenters. The minimum atomic E-state index is -1.25. The second-order valence-electron chi connectivity index (χ2n) is 5.93. The van der Waals surface area contributed by atoms with Crippen LogP contribution < -0.4 is 0 Å². The van der Waals surface area contributed by atoms with Gasteiger partial charge in [0.25, 0.3) is 0 Å². The number of esters is 1. The van der Waals surface area contributed by atoms with E-state index in [0.29, 0.717) is 6.61 Å². The zero-order chi connectivity index (χ0) is 15.3. The van der Waals surface area contributed by atoms with E-state index in [4.69, 9.17) is 4.74 Å². The molecule has 0 aromatic carbocycles. The zero-order valence-corrected chi connectivity index (χ0v) is 14.9. The number of hydrogen-bond acceptors (Lipinski definition) is 2. The first-order valence-electron chi connectivity index (χ1n) is 8.43. The Morgan fingerprint density at radius 1 is 0.950 bits per heavy atom. The van der Waals surface area contributed by atoms with Crippen LogP contribution in [0.2, 0.25) is 0 Å². The number of hydrogen-bond donors (Lipinski definition) is 0. The fourth-order valence-electron chi connectivity index (χ4n) is 2.83. The quantitative estimate of drug-likeness (QED) is 0.276. The minimum absolute atomic E-state index is 0.269. The molecule has 120 valence electrons. The Bertz CT molecular complexity index is 242. The van der Waals surface area contributed by atoms with E-state index < -0.39 is 7.26 Å². The normalized spacial score (nSPS) is 12.2. The molecule has 0 fully saturated rings. The first-order chi connectivity index (χ1) is 9.64. The second kappa shape index (κ2) is 12.4. The number of carbonyl (C=O) groups excluding carboxylic acids is 1. The van der Waals surface area contributed by atoms with Crippen molar-refractivity contribution in [3.63, 3.8) is 0 Å². The van der Waals surface area contributed by atoms with Gasteiger partial charge in [-0.3, -0.25) is 0 Å². The van der Waals surface area contributed by atoms with Gasteiger partial charge in [0.2, 0.25) is 0 Å². The Morgan fingerprint density at radius 2 is 1.40 bits per heavy atom. The van der Waals surface area contributed by atoms with E-state index in [1.165, 1.54) is 63.1 Å². The van der Waals surface area contributed by atoms with Gasteiger partial charge in [-0.15, -0.1) is 0 Å². The molecule has 3 heteroatoms. The van der Waals surface area contributed by atoms with Gasteiger partial charge in [0, 0.05) is 0 Å². The molecule has 0 heterocycles. The van der Waals surface area contributed by atoms with Crippen molar-refractivity contribution in [2.75, 3.05) is 31.3 Å². The molecule has 0 saturated heterocycles. The van der Waals surface area contributed by atoms with Gasteiger partial charge in [0.15, 0.2) is 0 Å². The van der Waals surface area contributed by atoms with Crippen molar-refractivity contribution >= 4 is 13.2 Å². The van der Waals surface area contributed by atoms with E-state index in [0.717, 1.165) is 6.16 Å². The third-order valence-electron chi connectivity index (χ3n) is 4.23. The van der Waals surface area contributed by atoms with Gasteiger partial charge < -0.3 is 0 Å². The van der Waals surface area contributed by atoms with Crippen LogP contribution >= 0.6 is 7.26 Å². The molecule has 0 aliphatic heterocycles. The van der Waals surface area contributed by atoms with E-state index >= 15 is 0 Å². The van der Waals surface area contributed by atoms with Crippen LogP contribution in [0.1, 0.15) is 59.3 Å². The first-order valence-corrected chi connectivity index (χ1v) is 11.3. The van der Waals surface area contributed by atoms with Crippen molar-refractivity contribution < 1.29 is 9.53 Å². The van der Waals surface area contributed by atoms with Gasteiger partial charge in [-0.2, -0.15) is 0 Å². The molecule has 0 rings (SSSR count). The maximum absolute atomic E-state index is 11.2. The summed E-state index contributed by atoms with van der Waals surface area (Å²) in [6.45, 7) is 10.9. The van der Waals surface area contributed by atoms with Gasteiger partial charge in [0.05, 0.1) is 0 Å². The van der Waals surface area contributed by atoms with Crippen LogP contribution in [0.4, 0.5) is 0 Å². The fourth-order valence-corrected chi connectivity index (χ4v) is 8.18. The van der Waals surface area contributed by atoms with Gasteiger partial charge in [-0.05, 0) is 0 Å². The Labute approximate surface area is 126 Å². The molecule has 0 bridgehead atoms.